The zero-order chi connectivity index (χ0) is 17.0. The van der Waals surface area contributed by atoms with E-state index in [1.54, 1.807) is 24.3 Å². The van der Waals surface area contributed by atoms with E-state index in [1.807, 2.05) is 32.2 Å². The number of nitrogens with two attached hydrogens (primary N) is 1. The third kappa shape index (κ3) is 4.14. The summed E-state index contributed by atoms with van der Waals surface area (Å²) in [6, 6.07) is 13.8. The maximum absolute atomic E-state index is 11.1. The Morgan fingerprint density at radius 3 is 2.48 bits per heavy atom. The molecule has 1 amide bonds. The molecule has 2 rings (SSSR count). The van der Waals surface area contributed by atoms with Crippen LogP contribution >= 0.6 is 0 Å². The second-order valence-electron chi connectivity index (χ2n) is 5.50. The molecule has 2 aromatic carbocycles. The van der Waals surface area contributed by atoms with Crippen LogP contribution in [-0.2, 0) is 6.54 Å². The van der Waals surface area contributed by atoms with Crippen LogP contribution in [0.2, 0.25) is 0 Å². The maximum atomic E-state index is 11.1. The van der Waals surface area contributed by atoms with Gasteiger partial charge in [0.2, 0.25) is 5.91 Å². The second-order valence-corrected chi connectivity index (χ2v) is 5.50. The van der Waals surface area contributed by atoms with Crippen LogP contribution in [0, 0.1) is 10.1 Å². The van der Waals surface area contributed by atoms with Gasteiger partial charge in [-0.05, 0) is 37.2 Å². The van der Waals surface area contributed by atoms with Gasteiger partial charge in [0.05, 0.1) is 4.92 Å². The van der Waals surface area contributed by atoms with Gasteiger partial charge in [-0.1, -0.05) is 24.3 Å². The van der Waals surface area contributed by atoms with E-state index in [0.717, 1.165) is 11.1 Å². The molecule has 0 aliphatic rings. The Morgan fingerprint density at radius 2 is 1.91 bits per heavy atom. The summed E-state index contributed by atoms with van der Waals surface area (Å²) in [4.78, 5) is 23.6. The number of nitro groups is 1. The van der Waals surface area contributed by atoms with Crippen LogP contribution in [0.4, 0.5) is 5.69 Å². The van der Waals surface area contributed by atoms with E-state index >= 15 is 0 Å². The number of nitro benzene ring substituents is 1. The van der Waals surface area contributed by atoms with Crippen LogP contribution in [-0.4, -0.2) is 22.8 Å². The van der Waals surface area contributed by atoms with E-state index in [0.29, 0.717) is 12.1 Å². The Labute approximate surface area is 134 Å². The van der Waals surface area contributed by atoms with Gasteiger partial charge in [0.1, 0.15) is 0 Å². The lowest BCUT2D eigenvalue weighted by Gasteiger charge is -2.25. The first-order chi connectivity index (χ1) is 10.9. The lowest BCUT2D eigenvalue weighted by molar-refractivity contribution is -0.384. The molecule has 0 unspecified atom stereocenters. The standard InChI is InChI=1S/C17H19N3O3/c1-12(15-4-3-5-16(10-15)20(22)23)19(2)11-13-6-8-14(9-7-13)17(18)21/h3-10,12H,11H2,1-2H3,(H2,18,21)/t12-/m0/s1. The van der Waals surface area contributed by atoms with Gasteiger partial charge in [0, 0.05) is 30.3 Å². The lowest BCUT2D eigenvalue weighted by Crippen LogP contribution is -2.22. The Morgan fingerprint density at radius 1 is 1.26 bits per heavy atom. The quantitative estimate of drug-likeness (QED) is 0.656. The van der Waals surface area contributed by atoms with Gasteiger partial charge >= 0.3 is 0 Å². The summed E-state index contributed by atoms with van der Waals surface area (Å²) < 4.78 is 0. The molecular formula is C17H19N3O3. The first-order valence-corrected chi connectivity index (χ1v) is 7.22. The minimum atomic E-state index is -0.449. The van der Waals surface area contributed by atoms with E-state index in [-0.39, 0.29) is 11.7 Å². The molecule has 0 heterocycles. The number of amides is 1. The molecule has 2 N–H and O–H groups in total. The first kappa shape index (κ1) is 16.6. The summed E-state index contributed by atoms with van der Waals surface area (Å²) in [7, 11) is 1.95. The van der Waals surface area contributed by atoms with E-state index in [1.165, 1.54) is 6.07 Å². The van der Waals surface area contributed by atoms with Gasteiger partial charge in [-0.2, -0.15) is 0 Å². The minimum Gasteiger partial charge on any atom is -0.366 e. The van der Waals surface area contributed by atoms with Crippen LogP contribution in [0.25, 0.3) is 0 Å². The number of rotatable bonds is 6. The number of hydrogen-bond acceptors (Lipinski definition) is 4. The van der Waals surface area contributed by atoms with E-state index in [9.17, 15) is 14.9 Å². The maximum Gasteiger partial charge on any atom is 0.269 e. The van der Waals surface area contributed by atoms with Crippen molar-refractivity contribution in [2.75, 3.05) is 7.05 Å². The van der Waals surface area contributed by atoms with E-state index in [4.69, 9.17) is 5.73 Å². The second kappa shape index (κ2) is 7.02. The Balaban J connectivity index is 2.10. The fraction of sp³-hybridized carbons (Fsp3) is 0.235. The van der Waals surface area contributed by atoms with Crippen molar-refractivity contribution in [3.8, 4) is 0 Å². The van der Waals surface area contributed by atoms with Crippen molar-refractivity contribution in [1.29, 1.82) is 0 Å². The number of benzene rings is 2. The number of carbonyl (C=O) groups is 1. The van der Waals surface area contributed by atoms with Crippen LogP contribution < -0.4 is 5.73 Å². The summed E-state index contributed by atoms with van der Waals surface area (Å²) in [6.45, 7) is 2.65. The van der Waals surface area contributed by atoms with Gasteiger partial charge in [0.15, 0.2) is 0 Å². The van der Waals surface area contributed by atoms with E-state index in [2.05, 4.69) is 4.90 Å². The highest BCUT2D eigenvalue weighted by Crippen LogP contribution is 2.24. The fourth-order valence-electron chi connectivity index (χ4n) is 2.35. The van der Waals surface area contributed by atoms with Crippen LogP contribution in [0.3, 0.4) is 0 Å². The molecule has 0 aromatic heterocycles. The van der Waals surface area contributed by atoms with Gasteiger partial charge < -0.3 is 5.73 Å². The Hall–Kier alpha value is -2.73. The predicted molar refractivity (Wildman–Crippen MR) is 87.9 cm³/mol. The van der Waals surface area contributed by atoms with Crippen molar-refractivity contribution in [3.63, 3.8) is 0 Å². The number of nitrogens with zero attached hydrogens (tertiary/aromatic N) is 2. The smallest absolute Gasteiger partial charge is 0.269 e. The third-order valence-electron chi connectivity index (χ3n) is 3.90. The van der Waals surface area contributed by atoms with Crippen molar-refractivity contribution in [1.82, 2.24) is 4.90 Å². The number of non-ortho nitro benzene ring substituents is 1. The zero-order valence-corrected chi connectivity index (χ0v) is 13.1. The topological polar surface area (TPSA) is 89.5 Å². The predicted octanol–water partition coefficient (Wildman–Crippen LogP) is 2.89. The highest BCUT2D eigenvalue weighted by atomic mass is 16.6. The monoisotopic (exact) mass is 313 g/mol. The number of primary amides is 1. The molecule has 2 aromatic rings. The van der Waals surface area contributed by atoms with Crippen molar-refractivity contribution < 1.29 is 9.72 Å². The molecule has 23 heavy (non-hydrogen) atoms. The molecule has 0 fully saturated rings. The average molecular weight is 313 g/mol. The van der Waals surface area contributed by atoms with Crippen molar-refractivity contribution in [3.05, 3.63) is 75.3 Å². The molecule has 6 nitrogen and oxygen atoms in total. The Bertz CT molecular complexity index is 713. The van der Waals surface area contributed by atoms with Crippen LogP contribution in [0.5, 0.6) is 0 Å². The normalized spacial score (nSPS) is 12.1. The zero-order valence-electron chi connectivity index (χ0n) is 13.1. The molecule has 0 saturated carbocycles. The van der Waals surface area contributed by atoms with Gasteiger partial charge in [0.25, 0.3) is 5.69 Å². The molecule has 0 spiro atoms. The van der Waals surface area contributed by atoms with Gasteiger partial charge in [-0.25, -0.2) is 0 Å². The summed E-state index contributed by atoms with van der Waals surface area (Å²) in [6.07, 6.45) is 0. The number of hydrogen-bond donors (Lipinski definition) is 1. The molecule has 1 atom stereocenters. The summed E-state index contributed by atoms with van der Waals surface area (Å²) >= 11 is 0. The molecule has 0 aliphatic heterocycles. The van der Waals surface area contributed by atoms with Crippen LogP contribution in [0.1, 0.15) is 34.5 Å². The average Bonchev–Trinajstić information content (AvgIpc) is 2.54. The SMILES string of the molecule is C[C@@H](c1cccc([N+](=O)[O-])c1)N(C)Cc1ccc(C(N)=O)cc1. The van der Waals surface area contributed by atoms with Crippen molar-refractivity contribution in [2.24, 2.45) is 5.73 Å². The van der Waals surface area contributed by atoms with Crippen molar-refractivity contribution >= 4 is 11.6 Å². The lowest BCUT2D eigenvalue weighted by atomic mass is 10.1. The van der Waals surface area contributed by atoms with E-state index < -0.39 is 10.8 Å². The highest BCUT2D eigenvalue weighted by Gasteiger charge is 2.15. The summed E-state index contributed by atoms with van der Waals surface area (Å²) in [5, 5.41) is 10.9. The molecule has 0 saturated heterocycles. The Kier molecular flexibility index (Phi) is 5.08. The van der Waals surface area contributed by atoms with Crippen molar-refractivity contribution in [2.45, 2.75) is 19.5 Å². The highest BCUT2D eigenvalue weighted by molar-refractivity contribution is 5.92. The fourth-order valence-corrected chi connectivity index (χ4v) is 2.35. The van der Waals surface area contributed by atoms with Gasteiger partial charge in [-0.3, -0.25) is 19.8 Å². The largest absolute Gasteiger partial charge is 0.366 e. The molecule has 0 aliphatic carbocycles. The van der Waals surface area contributed by atoms with Crippen LogP contribution in [0.15, 0.2) is 48.5 Å². The third-order valence-corrected chi connectivity index (χ3v) is 3.90. The molecule has 6 heteroatoms. The number of carbonyl (C=O) groups excluding carboxylic acids is 1. The molecule has 120 valence electrons. The summed E-state index contributed by atoms with van der Waals surface area (Å²) in [5.74, 6) is -0.449. The first-order valence-electron chi connectivity index (χ1n) is 7.22. The minimum absolute atomic E-state index is 0.0192. The summed E-state index contributed by atoms with van der Waals surface area (Å²) in [5.41, 5.74) is 7.71. The van der Waals surface area contributed by atoms with Gasteiger partial charge in [-0.15, -0.1) is 0 Å². The molecule has 0 bridgehead atoms. The molecular weight excluding hydrogens is 294 g/mol. The molecule has 0 radical (unpaired) electrons.